The second-order valence-corrected chi connectivity index (χ2v) is 6.29. The molecule has 2 aromatic carbocycles. The maximum Gasteiger partial charge on any atom is 0.269 e. The summed E-state index contributed by atoms with van der Waals surface area (Å²) >= 11 is 0. The van der Waals surface area contributed by atoms with Crippen LogP contribution in [0.1, 0.15) is 42.7 Å². The lowest BCUT2D eigenvalue weighted by Crippen LogP contribution is -2.14. The molecular weight excluding hydrogens is 374 g/mol. The van der Waals surface area contributed by atoms with Crippen molar-refractivity contribution in [1.29, 1.82) is 0 Å². The van der Waals surface area contributed by atoms with Crippen molar-refractivity contribution >= 4 is 5.69 Å². The maximum absolute atomic E-state index is 10.8. The van der Waals surface area contributed by atoms with Gasteiger partial charge in [0.2, 0.25) is 0 Å². The Morgan fingerprint density at radius 3 is 2.45 bits per heavy atom. The summed E-state index contributed by atoms with van der Waals surface area (Å²) in [6, 6.07) is 11.3. The summed E-state index contributed by atoms with van der Waals surface area (Å²) in [5, 5.41) is 17.9. The van der Waals surface area contributed by atoms with Gasteiger partial charge in [0.15, 0.2) is 17.3 Å². The van der Waals surface area contributed by atoms with Gasteiger partial charge >= 0.3 is 0 Å². The molecule has 9 heteroatoms. The molecule has 0 spiro atoms. The third-order valence-electron chi connectivity index (χ3n) is 4.27. The van der Waals surface area contributed by atoms with Crippen molar-refractivity contribution in [2.75, 3.05) is 13.2 Å². The van der Waals surface area contributed by atoms with Gasteiger partial charge in [0.1, 0.15) is 5.82 Å². The summed E-state index contributed by atoms with van der Waals surface area (Å²) in [5.74, 6) is 2.37. The number of aromatic amines is 1. The van der Waals surface area contributed by atoms with E-state index in [-0.39, 0.29) is 5.69 Å². The molecule has 152 valence electrons. The number of non-ortho nitro benzene ring substituents is 1. The van der Waals surface area contributed by atoms with Gasteiger partial charge in [-0.15, -0.1) is 0 Å². The highest BCUT2D eigenvalue weighted by Crippen LogP contribution is 2.31. The van der Waals surface area contributed by atoms with Gasteiger partial charge in [-0.1, -0.05) is 18.2 Å². The summed E-state index contributed by atoms with van der Waals surface area (Å²) in [4.78, 5) is 14.8. The first-order chi connectivity index (χ1) is 14.0. The first-order valence-electron chi connectivity index (χ1n) is 9.31. The van der Waals surface area contributed by atoms with Gasteiger partial charge in [-0.25, -0.2) is 4.98 Å². The fourth-order valence-corrected chi connectivity index (χ4v) is 2.87. The molecule has 0 saturated heterocycles. The zero-order chi connectivity index (χ0) is 20.8. The molecule has 0 bridgehead atoms. The predicted octanol–water partition coefficient (Wildman–Crippen LogP) is 3.15. The van der Waals surface area contributed by atoms with Crippen LogP contribution in [0.2, 0.25) is 0 Å². The molecule has 0 fully saturated rings. The van der Waals surface area contributed by atoms with E-state index in [1.54, 1.807) is 12.1 Å². The number of hydrogen-bond acceptors (Lipinski definition) is 7. The van der Waals surface area contributed by atoms with Crippen LogP contribution in [0, 0.1) is 10.1 Å². The molecule has 0 aliphatic heterocycles. The van der Waals surface area contributed by atoms with Gasteiger partial charge in [0.25, 0.3) is 5.69 Å². The van der Waals surface area contributed by atoms with Crippen LogP contribution in [0.5, 0.6) is 11.5 Å². The highest BCUT2D eigenvalue weighted by Gasteiger charge is 2.17. The number of nitrogens with two attached hydrogens (primary N) is 1. The van der Waals surface area contributed by atoms with Crippen LogP contribution in [-0.2, 0) is 6.42 Å². The van der Waals surface area contributed by atoms with Crippen LogP contribution in [0.15, 0.2) is 42.5 Å². The lowest BCUT2D eigenvalue weighted by Gasteiger charge is -2.14. The molecule has 9 nitrogen and oxygen atoms in total. The molecule has 3 aromatic rings. The Bertz CT molecular complexity index is 971. The summed E-state index contributed by atoms with van der Waals surface area (Å²) in [5.41, 5.74) is 8.08. The van der Waals surface area contributed by atoms with E-state index >= 15 is 0 Å². The van der Waals surface area contributed by atoms with E-state index < -0.39 is 11.0 Å². The standard InChI is InChI=1S/C20H23N5O4/c1-3-28-16-10-7-14(12-17(16)29-4-2)19(21)20-22-18(23-24-20)11-13-5-8-15(9-6-13)25(26)27/h5-10,12,19H,3-4,11,21H2,1-2H3,(H,22,23,24)/t19-/m0/s1. The molecule has 0 radical (unpaired) electrons. The van der Waals surface area contributed by atoms with Crippen molar-refractivity contribution < 1.29 is 14.4 Å². The lowest BCUT2D eigenvalue weighted by atomic mass is 10.1. The first kappa shape index (κ1) is 20.3. The summed E-state index contributed by atoms with van der Waals surface area (Å²) in [6.45, 7) is 4.87. The number of hydrogen-bond donors (Lipinski definition) is 2. The van der Waals surface area contributed by atoms with Gasteiger partial charge in [-0.2, -0.15) is 5.10 Å². The summed E-state index contributed by atoms with van der Waals surface area (Å²) < 4.78 is 11.2. The minimum absolute atomic E-state index is 0.0506. The van der Waals surface area contributed by atoms with Crippen molar-refractivity contribution in [3.63, 3.8) is 0 Å². The van der Waals surface area contributed by atoms with Crippen molar-refractivity contribution in [2.45, 2.75) is 26.3 Å². The molecule has 0 aliphatic carbocycles. The van der Waals surface area contributed by atoms with Crippen molar-refractivity contribution in [2.24, 2.45) is 5.73 Å². The molecule has 0 aliphatic rings. The number of nitrogens with one attached hydrogen (secondary N) is 1. The average Bonchev–Trinajstić information content (AvgIpc) is 3.18. The Morgan fingerprint density at radius 2 is 1.79 bits per heavy atom. The average molecular weight is 397 g/mol. The van der Waals surface area contributed by atoms with E-state index in [0.29, 0.717) is 42.8 Å². The van der Waals surface area contributed by atoms with E-state index in [0.717, 1.165) is 11.1 Å². The van der Waals surface area contributed by atoms with Crippen LogP contribution in [0.3, 0.4) is 0 Å². The van der Waals surface area contributed by atoms with Crippen LogP contribution >= 0.6 is 0 Å². The van der Waals surface area contributed by atoms with Crippen LogP contribution < -0.4 is 15.2 Å². The van der Waals surface area contributed by atoms with Gasteiger partial charge in [-0.3, -0.25) is 15.2 Å². The second kappa shape index (κ2) is 9.16. The third kappa shape index (κ3) is 4.88. The van der Waals surface area contributed by atoms with Gasteiger partial charge in [0, 0.05) is 18.6 Å². The minimum atomic E-state index is -0.535. The number of rotatable bonds is 9. The number of benzene rings is 2. The zero-order valence-electron chi connectivity index (χ0n) is 16.3. The topological polar surface area (TPSA) is 129 Å². The van der Waals surface area contributed by atoms with Gasteiger partial charge < -0.3 is 15.2 Å². The molecule has 1 atom stereocenters. The molecular formula is C20H23N5O4. The largest absolute Gasteiger partial charge is 0.490 e. The Labute approximate surface area is 168 Å². The molecule has 0 unspecified atom stereocenters. The van der Waals surface area contributed by atoms with Crippen molar-refractivity contribution in [3.05, 3.63) is 75.4 Å². The summed E-state index contributed by atoms with van der Waals surface area (Å²) in [6.07, 6.45) is 0.463. The first-order valence-corrected chi connectivity index (χ1v) is 9.31. The number of ether oxygens (including phenoxy) is 2. The number of nitrogens with zero attached hydrogens (tertiary/aromatic N) is 3. The molecule has 3 rings (SSSR count). The summed E-state index contributed by atoms with van der Waals surface area (Å²) in [7, 11) is 0. The van der Waals surface area contributed by atoms with E-state index in [9.17, 15) is 10.1 Å². The quantitative estimate of drug-likeness (QED) is 0.419. The maximum atomic E-state index is 10.8. The Hall–Kier alpha value is -3.46. The van der Waals surface area contributed by atoms with E-state index in [1.165, 1.54) is 12.1 Å². The number of nitro benzene ring substituents is 1. The van der Waals surface area contributed by atoms with Crippen LogP contribution in [-0.4, -0.2) is 33.3 Å². The molecule has 29 heavy (non-hydrogen) atoms. The number of H-pyrrole nitrogens is 1. The fraction of sp³-hybridized carbons (Fsp3) is 0.300. The monoisotopic (exact) mass is 397 g/mol. The molecule has 0 saturated carbocycles. The van der Waals surface area contributed by atoms with Gasteiger partial charge in [-0.05, 0) is 37.1 Å². The van der Waals surface area contributed by atoms with E-state index in [2.05, 4.69) is 15.2 Å². The highest BCUT2D eigenvalue weighted by atomic mass is 16.6. The Balaban J connectivity index is 1.75. The lowest BCUT2D eigenvalue weighted by molar-refractivity contribution is -0.384. The third-order valence-corrected chi connectivity index (χ3v) is 4.27. The highest BCUT2D eigenvalue weighted by molar-refractivity contribution is 5.45. The van der Waals surface area contributed by atoms with Crippen molar-refractivity contribution in [1.82, 2.24) is 15.2 Å². The Morgan fingerprint density at radius 1 is 1.10 bits per heavy atom. The van der Waals surface area contributed by atoms with Crippen molar-refractivity contribution in [3.8, 4) is 11.5 Å². The second-order valence-electron chi connectivity index (χ2n) is 6.29. The minimum Gasteiger partial charge on any atom is -0.490 e. The normalized spacial score (nSPS) is 11.8. The van der Waals surface area contributed by atoms with Crippen LogP contribution in [0.25, 0.3) is 0 Å². The predicted molar refractivity (Wildman–Crippen MR) is 107 cm³/mol. The molecule has 1 aromatic heterocycles. The Kier molecular flexibility index (Phi) is 6.40. The fourth-order valence-electron chi connectivity index (χ4n) is 2.87. The van der Waals surface area contributed by atoms with E-state index in [4.69, 9.17) is 15.2 Å². The molecule has 1 heterocycles. The molecule has 3 N–H and O–H groups in total. The van der Waals surface area contributed by atoms with E-state index in [1.807, 2.05) is 32.0 Å². The smallest absolute Gasteiger partial charge is 0.269 e. The number of aromatic nitrogens is 3. The SMILES string of the molecule is CCOc1ccc([C@H](N)c2n[nH]c(Cc3ccc([N+](=O)[O-])cc3)n2)cc1OCC. The number of nitro groups is 1. The van der Waals surface area contributed by atoms with Crippen LogP contribution in [0.4, 0.5) is 5.69 Å². The zero-order valence-corrected chi connectivity index (χ0v) is 16.3. The van der Waals surface area contributed by atoms with Gasteiger partial charge in [0.05, 0.1) is 24.2 Å². The molecule has 0 amide bonds.